The molecule has 1 unspecified atom stereocenters. The molecule has 0 saturated heterocycles. The second-order valence-corrected chi connectivity index (χ2v) is 10.0. The Morgan fingerprint density at radius 2 is 0.844 bits per heavy atom. The number of aliphatic carboxylic acids is 1. The molecule has 0 heterocycles. The van der Waals surface area contributed by atoms with Crippen LogP contribution in [0.5, 0.6) is 0 Å². The fourth-order valence-electron chi connectivity index (χ4n) is 4.55. The van der Waals surface area contributed by atoms with Gasteiger partial charge >= 0.3 is 5.97 Å². The van der Waals surface area contributed by atoms with E-state index >= 15 is 0 Å². The summed E-state index contributed by atoms with van der Waals surface area (Å²) >= 11 is 0. The topological polar surface area (TPSA) is 37.3 Å². The van der Waals surface area contributed by atoms with E-state index in [2.05, 4.69) is 26.0 Å². The van der Waals surface area contributed by atoms with E-state index in [4.69, 9.17) is 0 Å². The summed E-state index contributed by atoms with van der Waals surface area (Å²) < 4.78 is 0. The van der Waals surface area contributed by atoms with Crippen LogP contribution < -0.4 is 0 Å². The van der Waals surface area contributed by atoms with Crippen LogP contribution in [0.3, 0.4) is 0 Å². The van der Waals surface area contributed by atoms with Crippen molar-refractivity contribution in [2.45, 2.75) is 168 Å². The zero-order valence-corrected chi connectivity index (χ0v) is 22.1. The number of hydrogen-bond donors (Lipinski definition) is 1. The Balaban J connectivity index is 3.48. The lowest BCUT2D eigenvalue weighted by molar-refractivity contribution is -0.142. The van der Waals surface area contributed by atoms with Gasteiger partial charge in [0.05, 0.1) is 5.92 Å². The molecule has 0 spiro atoms. The molecule has 0 amide bonds. The highest BCUT2D eigenvalue weighted by Crippen LogP contribution is 2.20. The first-order chi connectivity index (χ1) is 15.7. The number of carbonyl (C=O) groups is 1. The minimum Gasteiger partial charge on any atom is -0.481 e. The smallest absolute Gasteiger partial charge is 0.306 e. The molecule has 1 N–H and O–H groups in total. The van der Waals surface area contributed by atoms with Crippen molar-refractivity contribution in [1.29, 1.82) is 0 Å². The Bertz CT molecular complexity index is 402. The Morgan fingerprint density at radius 3 is 1.19 bits per heavy atom. The molecule has 1 atom stereocenters. The molecule has 2 heteroatoms. The SMILES string of the molecule is CCCCCCCC/C=C\CCCCCCC(CCCCCCCCCCCC)C(=O)O. The van der Waals surface area contributed by atoms with Crippen molar-refractivity contribution in [3.63, 3.8) is 0 Å². The molecule has 0 aliphatic rings. The molecule has 2 nitrogen and oxygen atoms in total. The third-order valence-corrected chi connectivity index (χ3v) is 6.82. The summed E-state index contributed by atoms with van der Waals surface area (Å²) in [6.45, 7) is 4.54. The molecule has 0 aromatic carbocycles. The molecular weight excluding hydrogens is 392 g/mol. The van der Waals surface area contributed by atoms with Gasteiger partial charge in [-0.1, -0.05) is 142 Å². The highest BCUT2D eigenvalue weighted by molar-refractivity contribution is 5.69. The van der Waals surface area contributed by atoms with Gasteiger partial charge in [0.1, 0.15) is 0 Å². The van der Waals surface area contributed by atoms with E-state index in [0.29, 0.717) is 0 Å². The van der Waals surface area contributed by atoms with Gasteiger partial charge in [-0.3, -0.25) is 4.79 Å². The Hall–Kier alpha value is -0.790. The van der Waals surface area contributed by atoms with E-state index in [9.17, 15) is 9.90 Å². The first kappa shape index (κ1) is 31.2. The summed E-state index contributed by atoms with van der Waals surface area (Å²) in [4.78, 5) is 11.5. The van der Waals surface area contributed by atoms with E-state index in [1.807, 2.05) is 0 Å². The average molecular weight is 451 g/mol. The zero-order valence-electron chi connectivity index (χ0n) is 22.1. The molecule has 0 rings (SSSR count). The predicted octanol–water partition coefficient (Wildman–Crippen LogP) is 10.6. The van der Waals surface area contributed by atoms with E-state index < -0.39 is 5.97 Å². The number of allylic oxidation sites excluding steroid dienone is 2. The minimum atomic E-state index is -0.571. The summed E-state index contributed by atoms with van der Waals surface area (Å²) in [5.74, 6) is -0.681. The molecule has 190 valence electrons. The lowest BCUT2D eigenvalue weighted by Crippen LogP contribution is -2.13. The van der Waals surface area contributed by atoms with Crippen LogP contribution >= 0.6 is 0 Å². The maximum Gasteiger partial charge on any atom is 0.306 e. The van der Waals surface area contributed by atoms with Crippen molar-refractivity contribution in [3.05, 3.63) is 12.2 Å². The first-order valence-electron chi connectivity index (χ1n) is 14.6. The second-order valence-electron chi connectivity index (χ2n) is 10.0. The van der Waals surface area contributed by atoms with Crippen LogP contribution in [0.25, 0.3) is 0 Å². The van der Waals surface area contributed by atoms with Gasteiger partial charge in [0.15, 0.2) is 0 Å². The van der Waals surface area contributed by atoms with E-state index in [-0.39, 0.29) is 5.92 Å². The van der Waals surface area contributed by atoms with Crippen LogP contribution in [0.4, 0.5) is 0 Å². The van der Waals surface area contributed by atoms with Crippen molar-refractivity contribution in [1.82, 2.24) is 0 Å². The van der Waals surface area contributed by atoms with Crippen molar-refractivity contribution in [2.24, 2.45) is 5.92 Å². The Kier molecular flexibility index (Phi) is 25.8. The maximum atomic E-state index is 11.5. The van der Waals surface area contributed by atoms with Crippen molar-refractivity contribution < 1.29 is 9.90 Å². The second kappa shape index (κ2) is 26.5. The maximum absolute atomic E-state index is 11.5. The standard InChI is InChI=1S/C30H58O2/c1-3-5-7-9-11-13-15-16-17-18-20-22-24-26-28-29(30(31)32)27-25-23-21-19-14-12-10-8-6-4-2/h16-17,29H,3-15,18-28H2,1-2H3,(H,31,32)/b17-16-. The average Bonchev–Trinajstić information content (AvgIpc) is 2.78. The molecule has 0 saturated carbocycles. The van der Waals surface area contributed by atoms with Gasteiger partial charge in [0, 0.05) is 0 Å². The van der Waals surface area contributed by atoms with Crippen molar-refractivity contribution >= 4 is 5.97 Å². The van der Waals surface area contributed by atoms with Gasteiger partial charge in [0.2, 0.25) is 0 Å². The fourth-order valence-corrected chi connectivity index (χ4v) is 4.55. The molecule has 0 radical (unpaired) electrons. The molecule has 0 bridgehead atoms. The summed E-state index contributed by atoms with van der Waals surface area (Å²) in [5, 5.41) is 9.51. The first-order valence-corrected chi connectivity index (χ1v) is 14.6. The molecule has 0 aliphatic heterocycles. The number of hydrogen-bond acceptors (Lipinski definition) is 1. The molecule has 0 aliphatic carbocycles. The normalized spacial score (nSPS) is 12.6. The van der Waals surface area contributed by atoms with Crippen LogP contribution in [0, 0.1) is 5.92 Å². The minimum absolute atomic E-state index is 0.110. The summed E-state index contributed by atoms with van der Waals surface area (Å²) in [7, 11) is 0. The largest absolute Gasteiger partial charge is 0.481 e. The number of rotatable bonds is 26. The van der Waals surface area contributed by atoms with Gasteiger partial charge in [-0.05, 0) is 38.5 Å². The lowest BCUT2D eigenvalue weighted by atomic mass is 9.94. The molecule has 32 heavy (non-hydrogen) atoms. The van der Waals surface area contributed by atoms with Crippen molar-refractivity contribution in [2.75, 3.05) is 0 Å². The van der Waals surface area contributed by atoms with Crippen LogP contribution in [0.2, 0.25) is 0 Å². The van der Waals surface area contributed by atoms with E-state index in [1.54, 1.807) is 0 Å². The number of carboxylic acid groups (broad SMARTS) is 1. The quantitative estimate of drug-likeness (QED) is 0.105. The fraction of sp³-hybridized carbons (Fsp3) is 0.900. The third-order valence-electron chi connectivity index (χ3n) is 6.82. The van der Waals surface area contributed by atoms with Crippen LogP contribution in [-0.4, -0.2) is 11.1 Å². The molecule has 0 aromatic rings. The highest BCUT2D eigenvalue weighted by atomic mass is 16.4. The van der Waals surface area contributed by atoms with Gasteiger partial charge in [-0.25, -0.2) is 0 Å². The van der Waals surface area contributed by atoms with Crippen LogP contribution in [0.15, 0.2) is 12.2 Å². The predicted molar refractivity (Wildman–Crippen MR) is 142 cm³/mol. The van der Waals surface area contributed by atoms with Crippen molar-refractivity contribution in [3.8, 4) is 0 Å². The van der Waals surface area contributed by atoms with E-state index in [1.165, 1.54) is 128 Å². The van der Waals surface area contributed by atoms with E-state index in [0.717, 1.165) is 25.7 Å². The summed E-state index contributed by atoms with van der Waals surface area (Å²) in [5.41, 5.74) is 0. The van der Waals surface area contributed by atoms with Gasteiger partial charge in [-0.2, -0.15) is 0 Å². The van der Waals surface area contributed by atoms with Crippen LogP contribution in [0.1, 0.15) is 168 Å². The summed E-state index contributed by atoms with van der Waals surface area (Å²) in [6, 6.07) is 0. The summed E-state index contributed by atoms with van der Waals surface area (Å²) in [6.07, 6.45) is 35.1. The molecule has 0 aromatic heterocycles. The Morgan fingerprint density at radius 1 is 0.531 bits per heavy atom. The Labute approximate surface area is 202 Å². The van der Waals surface area contributed by atoms with Crippen LogP contribution in [-0.2, 0) is 4.79 Å². The lowest BCUT2D eigenvalue weighted by Gasteiger charge is -2.12. The highest BCUT2D eigenvalue weighted by Gasteiger charge is 2.16. The number of unbranched alkanes of at least 4 members (excludes halogenated alkanes) is 19. The van der Waals surface area contributed by atoms with Gasteiger partial charge in [0.25, 0.3) is 0 Å². The monoisotopic (exact) mass is 450 g/mol. The number of carboxylic acids is 1. The zero-order chi connectivity index (χ0) is 23.5. The molecular formula is C30H58O2. The molecule has 0 fully saturated rings. The van der Waals surface area contributed by atoms with Gasteiger partial charge in [-0.15, -0.1) is 0 Å². The third kappa shape index (κ3) is 23.9. The van der Waals surface area contributed by atoms with Gasteiger partial charge < -0.3 is 5.11 Å².